The Kier molecular flexibility index (Phi) is 3.78. The van der Waals surface area contributed by atoms with Crippen LogP contribution in [0.2, 0.25) is 0 Å². The number of para-hydroxylation sites is 2. The van der Waals surface area contributed by atoms with Crippen molar-refractivity contribution < 1.29 is 0 Å². The van der Waals surface area contributed by atoms with Gasteiger partial charge in [0, 0.05) is 29.3 Å². The van der Waals surface area contributed by atoms with Crippen LogP contribution >= 0.6 is 0 Å². The van der Waals surface area contributed by atoms with Crippen LogP contribution in [-0.4, -0.2) is 9.55 Å². The lowest BCUT2D eigenvalue weighted by Gasteiger charge is -2.18. The molecular formula is C21H17N3O. The van der Waals surface area contributed by atoms with E-state index in [1.54, 1.807) is 12.3 Å². The van der Waals surface area contributed by atoms with Gasteiger partial charge >= 0.3 is 0 Å². The van der Waals surface area contributed by atoms with Crippen molar-refractivity contribution in [3.63, 3.8) is 0 Å². The third-order valence-electron chi connectivity index (χ3n) is 4.09. The van der Waals surface area contributed by atoms with Crippen LogP contribution in [0, 0.1) is 6.92 Å². The monoisotopic (exact) mass is 327 g/mol. The molecule has 0 bridgehead atoms. The molecule has 0 saturated carbocycles. The molecule has 0 amide bonds. The maximum absolute atomic E-state index is 12.6. The van der Waals surface area contributed by atoms with Gasteiger partial charge < -0.3 is 5.32 Å². The van der Waals surface area contributed by atoms with Crippen molar-refractivity contribution in [2.45, 2.75) is 6.92 Å². The van der Waals surface area contributed by atoms with Crippen LogP contribution in [0.4, 0.5) is 11.5 Å². The zero-order chi connectivity index (χ0) is 17.2. The Morgan fingerprint density at radius 2 is 1.60 bits per heavy atom. The molecule has 0 aliphatic carbocycles. The van der Waals surface area contributed by atoms with E-state index in [0.717, 1.165) is 28.4 Å². The maximum Gasteiger partial charge on any atom is 0.193 e. The molecule has 1 N–H and O–H groups in total. The number of aromatic nitrogens is 2. The lowest BCUT2D eigenvalue weighted by atomic mass is 10.2. The lowest BCUT2D eigenvalue weighted by Crippen LogP contribution is -2.13. The van der Waals surface area contributed by atoms with Crippen molar-refractivity contribution in [2.75, 3.05) is 5.32 Å². The quantitative estimate of drug-likeness (QED) is 0.605. The molecule has 0 radical (unpaired) electrons. The third-order valence-corrected chi connectivity index (χ3v) is 4.09. The number of benzene rings is 2. The summed E-state index contributed by atoms with van der Waals surface area (Å²) in [6.07, 6.45) is 1.65. The summed E-state index contributed by atoms with van der Waals surface area (Å²) in [6.45, 7) is 1.93. The minimum absolute atomic E-state index is 0.0480. The largest absolute Gasteiger partial charge is 0.341 e. The van der Waals surface area contributed by atoms with Gasteiger partial charge in [-0.2, -0.15) is 0 Å². The first kappa shape index (κ1) is 15.1. The fraction of sp³-hybridized carbons (Fsp3) is 0.0476. The molecule has 4 heteroatoms. The maximum atomic E-state index is 12.6. The summed E-state index contributed by atoms with van der Waals surface area (Å²) >= 11 is 0. The average Bonchev–Trinajstić information content (AvgIpc) is 2.63. The van der Waals surface area contributed by atoms with E-state index in [1.165, 1.54) is 0 Å². The van der Waals surface area contributed by atoms with Crippen LogP contribution < -0.4 is 10.7 Å². The van der Waals surface area contributed by atoms with Crippen LogP contribution in [-0.2, 0) is 0 Å². The highest BCUT2D eigenvalue weighted by Crippen LogP contribution is 2.25. The second-order valence-electron chi connectivity index (χ2n) is 5.90. The Labute approximate surface area is 145 Å². The Bertz CT molecular complexity index is 1090. The highest BCUT2D eigenvalue weighted by Gasteiger charge is 2.12. The zero-order valence-electron chi connectivity index (χ0n) is 13.8. The Morgan fingerprint density at radius 3 is 2.32 bits per heavy atom. The number of rotatable bonds is 3. The fourth-order valence-corrected chi connectivity index (χ4v) is 2.93. The SMILES string of the molecule is Cc1cc2c(cn1)c(=O)cc(Nc1ccccc1)n2-c1ccccc1. The molecule has 0 atom stereocenters. The number of aryl methyl sites for hydroxylation is 1. The topological polar surface area (TPSA) is 46.9 Å². The van der Waals surface area contributed by atoms with Gasteiger partial charge in [0.15, 0.2) is 5.43 Å². The van der Waals surface area contributed by atoms with E-state index in [1.807, 2.05) is 73.7 Å². The molecule has 0 saturated heterocycles. The van der Waals surface area contributed by atoms with E-state index in [4.69, 9.17) is 0 Å². The predicted octanol–water partition coefficient (Wildman–Crippen LogP) is 4.44. The van der Waals surface area contributed by atoms with E-state index in [2.05, 4.69) is 14.9 Å². The van der Waals surface area contributed by atoms with Crippen molar-refractivity contribution in [1.29, 1.82) is 0 Å². The summed E-state index contributed by atoms with van der Waals surface area (Å²) in [6, 6.07) is 23.4. The number of hydrogen-bond acceptors (Lipinski definition) is 3. The van der Waals surface area contributed by atoms with Crippen molar-refractivity contribution in [1.82, 2.24) is 9.55 Å². The fourth-order valence-electron chi connectivity index (χ4n) is 2.93. The summed E-state index contributed by atoms with van der Waals surface area (Å²) in [7, 11) is 0. The highest BCUT2D eigenvalue weighted by atomic mass is 16.1. The van der Waals surface area contributed by atoms with Crippen LogP contribution in [0.1, 0.15) is 5.69 Å². The molecule has 4 aromatic rings. The smallest absolute Gasteiger partial charge is 0.193 e. The molecule has 4 rings (SSSR count). The Hall–Kier alpha value is -3.40. The molecule has 0 aliphatic rings. The summed E-state index contributed by atoms with van der Waals surface area (Å²) in [5.41, 5.74) is 3.57. The summed E-state index contributed by atoms with van der Waals surface area (Å²) < 4.78 is 2.05. The first-order valence-corrected chi connectivity index (χ1v) is 8.12. The zero-order valence-corrected chi connectivity index (χ0v) is 13.8. The van der Waals surface area contributed by atoms with E-state index >= 15 is 0 Å². The summed E-state index contributed by atoms with van der Waals surface area (Å²) in [5.74, 6) is 0.723. The van der Waals surface area contributed by atoms with Gasteiger partial charge in [0.1, 0.15) is 5.82 Å². The minimum atomic E-state index is -0.0480. The van der Waals surface area contributed by atoms with Crippen molar-refractivity contribution in [3.05, 3.63) is 94.9 Å². The Balaban J connectivity index is 2.03. The number of pyridine rings is 2. The van der Waals surface area contributed by atoms with Crippen LogP contribution in [0.25, 0.3) is 16.6 Å². The van der Waals surface area contributed by atoms with Gasteiger partial charge in [-0.15, -0.1) is 0 Å². The number of nitrogens with zero attached hydrogens (tertiary/aromatic N) is 2. The first-order valence-electron chi connectivity index (χ1n) is 8.12. The number of hydrogen-bond donors (Lipinski definition) is 1. The highest BCUT2D eigenvalue weighted by molar-refractivity contribution is 5.83. The van der Waals surface area contributed by atoms with Gasteiger partial charge in [-0.1, -0.05) is 36.4 Å². The first-order chi connectivity index (χ1) is 12.2. The number of fused-ring (bicyclic) bond motifs is 1. The molecule has 0 fully saturated rings. The molecular weight excluding hydrogens is 310 g/mol. The Morgan fingerprint density at radius 1 is 0.920 bits per heavy atom. The average molecular weight is 327 g/mol. The van der Waals surface area contributed by atoms with Crippen molar-refractivity contribution >= 4 is 22.4 Å². The molecule has 25 heavy (non-hydrogen) atoms. The molecule has 4 nitrogen and oxygen atoms in total. The van der Waals surface area contributed by atoms with Crippen LogP contribution in [0.15, 0.2) is 83.8 Å². The van der Waals surface area contributed by atoms with Crippen molar-refractivity contribution in [3.8, 4) is 5.69 Å². The van der Waals surface area contributed by atoms with Gasteiger partial charge in [-0.25, -0.2) is 0 Å². The second kappa shape index (κ2) is 6.24. The molecule has 0 aliphatic heterocycles. The van der Waals surface area contributed by atoms with Crippen LogP contribution in [0.5, 0.6) is 0 Å². The lowest BCUT2D eigenvalue weighted by molar-refractivity contribution is 1.09. The van der Waals surface area contributed by atoms with Gasteiger partial charge in [0.2, 0.25) is 0 Å². The molecule has 2 heterocycles. The van der Waals surface area contributed by atoms with E-state index in [-0.39, 0.29) is 5.43 Å². The van der Waals surface area contributed by atoms with Gasteiger partial charge in [-0.3, -0.25) is 14.3 Å². The molecule has 2 aromatic heterocycles. The molecule has 2 aromatic carbocycles. The molecule has 0 spiro atoms. The minimum Gasteiger partial charge on any atom is -0.341 e. The van der Waals surface area contributed by atoms with E-state index < -0.39 is 0 Å². The predicted molar refractivity (Wildman–Crippen MR) is 102 cm³/mol. The second-order valence-corrected chi connectivity index (χ2v) is 5.90. The van der Waals surface area contributed by atoms with E-state index in [0.29, 0.717) is 5.39 Å². The molecule has 122 valence electrons. The van der Waals surface area contributed by atoms with E-state index in [9.17, 15) is 4.79 Å². The van der Waals surface area contributed by atoms with Gasteiger partial charge in [-0.05, 0) is 37.3 Å². The summed E-state index contributed by atoms with van der Waals surface area (Å²) in [4.78, 5) is 16.9. The molecule has 0 unspecified atom stereocenters. The van der Waals surface area contributed by atoms with Crippen molar-refractivity contribution in [2.24, 2.45) is 0 Å². The standard InChI is InChI=1S/C21H17N3O/c1-15-12-19-18(14-22-15)20(25)13-21(23-16-8-4-2-5-9-16)24(19)17-10-6-3-7-11-17/h2-14,23H,1H3. The number of anilines is 2. The number of nitrogens with one attached hydrogen (secondary N) is 1. The normalized spacial score (nSPS) is 10.8. The third kappa shape index (κ3) is 2.90. The van der Waals surface area contributed by atoms with Gasteiger partial charge in [0.25, 0.3) is 0 Å². The summed E-state index contributed by atoms with van der Waals surface area (Å²) in [5, 5.41) is 3.97. The van der Waals surface area contributed by atoms with Crippen LogP contribution in [0.3, 0.4) is 0 Å². The van der Waals surface area contributed by atoms with Gasteiger partial charge in [0.05, 0.1) is 10.9 Å².